The van der Waals surface area contributed by atoms with E-state index in [1.54, 1.807) is 11.8 Å². The van der Waals surface area contributed by atoms with Crippen LogP contribution in [0.3, 0.4) is 0 Å². The summed E-state index contributed by atoms with van der Waals surface area (Å²) in [6.07, 6.45) is 5.61. The number of thioether (sulfide) groups is 1. The third kappa shape index (κ3) is 5.24. The lowest BCUT2D eigenvalue weighted by atomic mass is 9.83. The molecular weight excluding hydrogens is 460 g/mol. The van der Waals surface area contributed by atoms with Crippen molar-refractivity contribution in [3.8, 4) is 0 Å². The first kappa shape index (κ1) is 24.1. The molecule has 0 spiro atoms. The first-order valence-corrected chi connectivity index (χ1v) is 13.0. The zero-order valence-electron chi connectivity index (χ0n) is 19.2. The molecule has 1 aliphatic carbocycles. The predicted octanol–water partition coefficient (Wildman–Crippen LogP) is 4.23. The van der Waals surface area contributed by atoms with Crippen molar-refractivity contribution >= 4 is 47.2 Å². The van der Waals surface area contributed by atoms with Crippen LogP contribution in [0.4, 0.5) is 0 Å². The number of carbonyl (C=O) groups is 3. The van der Waals surface area contributed by atoms with Crippen LogP contribution in [0.2, 0.25) is 5.02 Å². The van der Waals surface area contributed by atoms with Crippen LogP contribution >= 0.6 is 23.4 Å². The Morgan fingerprint density at radius 3 is 2.58 bits per heavy atom. The zero-order valence-corrected chi connectivity index (χ0v) is 20.7. The zero-order chi connectivity index (χ0) is 23.5. The summed E-state index contributed by atoms with van der Waals surface area (Å²) in [6, 6.07) is 7.57. The van der Waals surface area contributed by atoms with Crippen molar-refractivity contribution in [3.63, 3.8) is 0 Å². The first-order valence-electron chi connectivity index (χ1n) is 11.7. The molecule has 6 nitrogen and oxygen atoms in total. The van der Waals surface area contributed by atoms with Gasteiger partial charge in [-0.1, -0.05) is 29.8 Å². The van der Waals surface area contributed by atoms with E-state index in [0.29, 0.717) is 48.9 Å². The maximum Gasteiger partial charge on any atom is 0.309 e. The minimum absolute atomic E-state index is 0.00970. The van der Waals surface area contributed by atoms with E-state index in [0.717, 1.165) is 18.4 Å². The van der Waals surface area contributed by atoms with Crippen molar-refractivity contribution in [2.75, 3.05) is 26.7 Å². The van der Waals surface area contributed by atoms with Gasteiger partial charge in [-0.25, -0.2) is 0 Å². The minimum atomic E-state index is -0.148. The Kier molecular flexibility index (Phi) is 7.69. The number of fused-ring (bicyclic) bond motifs is 1. The second-order valence-corrected chi connectivity index (χ2v) is 10.7. The largest absolute Gasteiger partial charge is 0.466 e. The molecule has 0 bridgehead atoms. The van der Waals surface area contributed by atoms with Gasteiger partial charge in [-0.2, -0.15) is 0 Å². The van der Waals surface area contributed by atoms with Gasteiger partial charge in [0.15, 0.2) is 0 Å². The number of benzene rings is 1. The van der Waals surface area contributed by atoms with Crippen LogP contribution in [0.5, 0.6) is 0 Å². The molecule has 2 aliphatic heterocycles. The fourth-order valence-electron chi connectivity index (χ4n) is 5.11. The van der Waals surface area contributed by atoms with Crippen LogP contribution in [0.1, 0.15) is 44.6 Å². The average molecular weight is 491 g/mol. The molecule has 3 atom stereocenters. The van der Waals surface area contributed by atoms with Gasteiger partial charge in [0.05, 0.1) is 17.4 Å². The molecule has 0 radical (unpaired) electrons. The van der Waals surface area contributed by atoms with Crippen molar-refractivity contribution in [3.05, 3.63) is 39.8 Å². The number of likely N-dealkylation sites (N-methyl/N-ethyl adjacent to an activating group) is 1. The molecule has 1 aromatic carbocycles. The summed E-state index contributed by atoms with van der Waals surface area (Å²) >= 11 is 7.91. The summed E-state index contributed by atoms with van der Waals surface area (Å²) in [7, 11) is 1.85. The number of piperidine rings is 1. The minimum Gasteiger partial charge on any atom is -0.466 e. The van der Waals surface area contributed by atoms with Gasteiger partial charge in [0.2, 0.25) is 5.91 Å². The summed E-state index contributed by atoms with van der Waals surface area (Å²) < 4.78 is 5.13. The monoisotopic (exact) mass is 490 g/mol. The Balaban J connectivity index is 1.38. The van der Waals surface area contributed by atoms with E-state index < -0.39 is 0 Å². The number of amides is 2. The van der Waals surface area contributed by atoms with Gasteiger partial charge < -0.3 is 14.5 Å². The summed E-state index contributed by atoms with van der Waals surface area (Å²) in [6.45, 7) is 3.40. The molecule has 2 saturated heterocycles. The van der Waals surface area contributed by atoms with Crippen LogP contribution in [-0.2, 0) is 19.1 Å². The highest BCUT2D eigenvalue weighted by Crippen LogP contribution is 2.44. The Hall–Kier alpha value is -1.99. The number of likely N-dealkylation sites (tertiary alicyclic amines) is 1. The fourth-order valence-corrected chi connectivity index (χ4v) is 6.77. The Morgan fingerprint density at radius 1 is 1.15 bits per heavy atom. The van der Waals surface area contributed by atoms with Gasteiger partial charge >= 0.3 is 5.97 Å². The van der Waals surface area contributed by atoms with Crippen molar-refractivity contribution in [2.45, 2.75) is 50.3 Å². The van der Waals surface area contributed by atoms with Crippen LogP contribution in [-0.4, -0.2) is 65.6 Å². The number of nitrogens with zero attached hydrogens (tertiary/aromatic N) is 2. The number of hydrogen-bond acceptors (Lipinski definition) is 5. The third-order valence-electron chi connectivity index (χ3n) is 7.03. The van der Waals surface area contributed by atoms with E-state index in [4.69, 9.17) is 16.3 Å². The summed E-state index contributed by atoms with van der Waals surface area (Å²) in [5.74, 6) is -0.171. The fraction of sp³-hybridized carbons (Fsp3) is 0.560. The van der Waals surface area contributed by atoms with Gasteiger partial charge in [0, 0.05) is 42.4 Å². The lowest BCUT2D eigenvalue weighted by molar-refractivity contribution is -0.152. The van der Waals surface area contributed by atoms with E-state index in [-0.39, 0.29) is 40.9 Å². The number of halogens is 1. The van der Waals surface area contributed by atoms with Gasteiger partial charge in [-0.05, 0) is 56.7 Å². The quantitative estimate of drug-likeness (QED) is 0.467. The van der Waals surface area contributed by atoms with Crippen molar-refractivity contribution in [2.24, 2.45) is 11.8 Å². The molecular formula is C25H31ClN2O4S. The number of rotatable bonds is 4. The van der Waals surface area contributed by atoms with Gasteiger partial charge in [-0.3, -0.25) is 14.4 Å². The highest BCUT2D eigenvalue weighted by atomic mass is 35.5. The van der Waals surface area contributed by atoms with Crippen molar-refractivity contribution in [1.29, 1.82) is 0 Å². The molecule has 0 N–H and O–H groups in total. The average Bonchev–Trinajstić information content (AvgIpc) is 2.83. The van der Waals surface area contributed by atoms with E-state index in [2.05, 4.69) is 0 Å². The highest BCUT2D eigenvalue weighted by Gasteiger charge is 2.44. The molecule has 3 fully saturated rings. The Labute approximate surface area is 204 Å². The van der Waals surface area contributed by atoms with Crippen molar-refractivity contribution in [1.82, 2.24) is 9.80 Å². The topological polar surface area (TPSA) is 66.9 Å². The molecule has 33 heavy (non-hydrogen) atoms. The number of esters is 1. The first-order chi connectivity index (χ1) is 15.9. The molecule has 2 heterocycles. The maximum atomic E-state index is 13.2. The summed E-state index contributed by atoms with van der Waals surface area (Å²) in [5.41, 5.74) is 0.844. The number of ether oxygens (including phenoxy) is 1. The third-order valence-corrected chi connectivity index (χ3v) is 8.77. The second kappa shape index (κ2) is 10.5. The number of hydrogen-bond donors (Lipinski definition) is 0. The van der Waals surface area contributed by atoms with E-state index in [9.17, 15) is 14.4 Å². The molecule has 0 aromatic heterocycles. The van der Waals surface area contributed by atoms with Crippen LogP contribution in [0.25, 0.3) is 6.08 Å². The Bertz CT molecular complexity index is 944. The maximum absolute atomic E-state index is 13.2. The molecule has 8 heteroatoms. The van der Waals surface area contributed by atoms with Gasteiger partial charge in [-0.15, -0.1) is 11.8 Å². The Morgan fingerprint density at radius 2 is 1.88 bits per heavy atom. The van der Waals surface area contributed by atoms with Crippen LogP contribution < -0.4 is 0 Å². The van der Waals surface area contributed by atoms with E-state index in [1.165, 1.54) is 0 Å². The standard InChI is InChI=1S/C25H31ClN2O4S/c1-3-32-25(31)16-10-12-28(13-11-16)23(29)18-8-9-21-20(14-18)27(2)24(30)22(33-21)15-17-6-4-5-7-19(17)26/h4-7,15-16,18,20-21H,3,8-14H2,1-2H3/b22-15-. The van der Waals surface area contributed by atoms with Crippen LogP contribution in [0, 0.1) is 11.8 Å². The lowest BCUT2D eigenvalue weighted by Crippen LogP contribution is -2.53. The normalized spacial score (nSPS) is 27.4. The predicted molar refractivity (Wildman–Crippen MR) is 131 cm³/mol. The van der Waals surface area contributed by atoms with Crippen molar-refractivity contribution < 1.29 is 19.1 Å². The van der Waals surface area contributed by atoms with Crippen LogP contribution in [0.15, 0.2) is 29.2 Å². The molecule has 4 rings (SSSR count). The smallest absolute Gasteiger partial charge is 0.309 e. The highest BCUT2D eigenvalue weighted by molar-refractivity contribution is 8.04. The molecule has 1 aromatic rings. The molecule has 2 amide bonds. The summed E-state index contributed by atoms with van der Waals surface area (Å²) in [4.78, 5) is 42.7. The van der Waals surface area contributed by atoms with E-state index >= 15 is 0 Å². The SMILES string of the molecule is CCOC(=O)C1CCN(C(=O)C2CCC3S/C(=C\c4ccccc4Cl)C(=O)N(C)C3C2)CC1. The molecule has 3 unspecified atom stereocenters. The molecule has 1 saturated carbocycles. The van der Waals surface area contributed by atoms with Gasteiger partial charge in [0.25, 0.3) is 5.91 Å². The molecule has 3 aliphatic rings. The molecule has 178 valence electrons. The van der Waals surface area contributed by atoms with E-state index in [1.807, 2.05) is 54.1 Å². The summed E-state index contributed by atoms with van der Waals surface area (Å²) in [5, 5.41) is 0.907. The van der Waals surface area contributed by atoms with Gasteiger partial charge in [0.1, 0.15) is 0 Å². The lowest BCUT2D eigenvalue weighted by Gasteiger charge is -2.45. The second-order valence-electron chi connectivity index (χ2n) is 9.03. The number of carbonyl (C=O) groups excluding carboxylic acids is 3.